The number of carbonyl (C=O) groups is 1. The summed E-state index contributed by atoms with van der Waals surface area (Å²) in [5, 5.41) is 0. The minimum absolute atomic E-state index is 0.290. The fourth-order valence-electron chi connectivity index (χ4n) is 1.76. The summed E-state index contributed by atoms with van der Waals surface area (Å²) in [4.78, 5) is 15.7. The molecule has 5 heteroatoms. The van der Waals surface area contributed by atoms with Gasteiger partial charge in [0, 0.05) is 13.0 Å². The molecule has 0 atom stereocenters. The largest absolute Gasteiger partial charge is 0.461 e. The number of hydrogen-bond acceptors (Lipinski definition) is 4. The van der Waals surface area contributed by atoms with Crippen LogP contribution in [0.4, 0.5) is 5.82 Å². The molecule has 14 heavy (non-hydrogen) atoms. The summed E-state index contributed by atoms with van der Waals surface area (Å²) >= 11 is 0. The normalized spacial score (nSPS) is 14.1. The topological polar surface area (TPSA) is 70.1 Å². The number of nitrogen functional groups attached to an aromatic ring is 1. The fraction of sp³-hybridized carbons (Fsp3) is 0.556. The van der Waals surface area contributed by atoms with Crippen LogP contribution in [0.15, 0.2) is 0 Å². The molecule has 1 aliphatic rings. The minimum atomic E-state index is -0.370. The maximum Gasteiger partial charge on any atom is 0.358 e. The zero-order valence-corrected chi connectivity index (χ0v) is 8.12. The van der Waals surface area contributed by atoms with Gasteiger partial charge in [0.05, 0.1) is 6.61 Å². The molecule has 1 aliphatic heterocycles. The highest BCUT2D eigenvalue weighted by Crippen LogP contribution is 2.22. The molecule has 0 saturated carbocycles. The third kappa shape index (κ3) is 1.25. The molecule has 0 radical (unpaired) electrons. The van der Waals surface area contributed by atoms with Crippen molar-refractivity contribution in [2.24, 2.45) is 0 Å². The van der Waals surface area contributed by atoms with Gasteiger partial charge in [0.25, 0.3) is 0 Å². The molecule has 76 valence electrons. The van der Waals surface area contributed by atoms with Crippen molar-refractivity contribution >= 4 is 11.8 Å². The standard InChI is InChI=1S/C9H13N3O2/c1-2-14-9(13)7-8(10)11-6-4-3-5-12(6)7/h2-5,10H2,1H3. The lowest BCUT2D eigenvalue weighted by Crippen LogP contribution is -2.13. The number of nitrogens with two attached hydrogens (primary N) is 1. The molecule has 5 nitrogen and oxygen atoms in total. The van der Waals surface area contributed by atoms with E-state index in [1.807, 2.05) is 4.57 Å². The van der Waals surface area contributed by atoms with Crippen LogP contribution in [0.25, 0.3) is 0 Å². The lowest BCUT2D eigenvalue weighted by Gasteiger charge is -2.04. The van der Waals surface area contributed by atoms with Gasteiger partial charge >= 0.3 is 5.97 Å². The molecule has 0 spiro atoms. The van der Waals surface area contributed by atoms with Crippen LogP contribution in [-0.2, 0) is 17.7 Å². The van der Waals surface area contributed by atoms with E-state index in [-0.39, 0.29) is 11.8 Å². The van der Waals surface area contributed by atoms with Gasteiger partial charge in [-0.2, -0.15) is 0 Å². The van der Waals surface area contributed by atoms with Crippen molar-refractivity contribution in [3.63, 3.8) is 0 Å². The van der Waals surface area contributed by atoms with Gasteiger partial charge in [-0.1, -0.05) is 0 Å². The molecule has 0 aliphatic carbocycles. The van der Waals surface area contributed by atoms with E-state index < -0.39 is 0 Å². The van der Waals surface area contributed by atoms with Gasteiger partial charge in [-0.05, 0) is 13.3 Å². The second-order valence-corrected chi connectivity index (χ2v) is 3.24. The van der Waals surface area contributed by atoms with Crippen LogP contribution in [0.2, 0.25) is 0 Å². The number of fused-ring (bicyclic) bond motifs is 1. The number of carbonyl (C=O) groups excluding carboxylic acids is 1. The molecule has 0 fully saturated rings. The van der Waals surface area contributed by atoms with Crippen LogP contribution in [0.5, 0.6) is 0 Å². The van der Waals surface area contributed by atoms with Gasteiger partial charge in [-0.25, -0.2) is 9.78 Å². The van der Waals surface area contributed by atoms with Crippen molar-refractivity contribution in [2.45, 2.75) is 26.3 Å². The van der Waals surface area contributed by atoms with Crippen LogP contribution in [0, 0.1) is 0 Å². The average Bonchev–Trinajstić information content (AvgIpc) is 2.63. The maximum absolute atomic E-state index is 11.5. The summed E-state index contributed by atoms with van der Waals surface area (Å²) in [7, 11) is 0. The van der Waals surface area contributed by atoms with E-state index >= 15 is 0 Å². The molecule has 2 heterocycles. The molecule has 2 N–H and O–H groups in total. The first-order chi connectivity index (χ1) is 6.74. The fourth-order valence-corrected chi connectivity index (χ4v) is 1.76. The molecule has 1 aromatic heterocycles. The van der Waals surface area contributed by atoms with Gasteiger partial charge in [0.2, 0.25) is 0 Å². The Balaban J connectivity index is 2.37. The summed E-state index contributed by atoms with van der Waals surface area (Å²) in [5.41, 5.74) is 6.07. The highest BCUT2D eigenvalue weighted by molar-refractivity contribution is 5.92. The Labute approximate surface area is 81.9 Å². The number of anilines is 1. The van der Waals surface area contributed by atoms with Crippen molar-refractivity contribution in [1.82, 2.24) is 9.55 Å². The summed E-state index contributed by atoms with van der Waals surface area (Å²) in [6, 6.07) is 0. The maximum atomic E-state index is 11.5. The molecule has 0 saturated heterocycles. The third-order valence-electron chi connectivity index (χ3n) is 2.32. The number of esters is 1. The van der Waals surface area contributed by atoms with Crippen molar-refractivity contribution in [1.29, 1.82) is 0 Å². The number of aromatic nitrogens is 2. The number of nitrogens with zero attached hydrogens (tertiary/aromatic N) is 2. The predicted octanol–water partition coefficient (Wildman–Crippen LogP) is 0.588. The van der Waals surface area contributed by atoms with Crippen LogP contribution in [0.1, 0.15) is 29.7 Å². The Morgan fingerprint density at radius 3 is 3.21 bits per heavy atom. The molecule has 0 bridgehead atoms. The highest BCUT2D eigenvalue weighted by Gasteiger charge is 2.25. The Morgan fingerprint density at radius 2 is 2.50 bits per heavy atom. The Kier molecular flexibility index (Phi) is 2.15. The summed E-state index contributed by atoms with van der Waals surface area (Å²) < 4.78 is 6.77. The van der Waals surface area contributed by atoms with Crippen LogP contribution in [-0.4, -0.2) is 22.1 Å². The van der Waals surface area contributed by atoms with E-state index in [1.165, 1.54) is 0 Å². The first-order valence-corrected chi connectivity index (χ1v) is 4.76. The van der Waals surface area contributed by atoms with Gasteiger partial charge < -0.3 is 15.0 Å². The van der Waals surface area contributed by atoms with Gasteiger partial charge in [-0.3, -0.25) is 0 Å². The van der Waals surface area contributed by atoms with Crippen LogP contribution in [0.3, 0.4) is 0 Å². The van der Waals surface area contributed by atoms with Crippen molar-refractivity contribution in [2.75, 3.05) is 12.3 Å². The molecule has 1 aromatic rings. The number of imidazole rings is 1. The summed E-state index contributed by atoms with van der Waals surface area (Å²) in [6.07, 6.45) is 1.92. The lowest BCUT2D eigenvalue weighted by atomic mass is 10.3. The monoisotopic (exact) mass is 195 g/mol. The summed E-state index contributed by atoms with van der Waals surface area (Å²) in [6.45, 7) is 2.95. The van der Waals surface area contributed by atoms with Gasteiger partial charge in [0.15, 0.2) is 11.5 Å². The third-order valence-corrected chi connectivity index (χ3v) is 2.32. The SMILES string of the molecule is CCOC(=O)c1c(N)nc2n1CCC2. The predicted molar refractivity (Wildman–Crippen MR) is 50.9 cm³/mol. The quantitative estimate of drug-likeness (QED) is 0.701. The molecule has 0 aromatic carbocycles. The van der Waals surface area contributed by atoms with E-state index in [4.69, 9.17) is 10.5 Å². The first-order valence-electron chi connectivity index (χ1n) is 4.76. The molecule has 0 unspecified atom stereocenters. The Morgan fingerprint density at radius 1 is 1.71 bits per heavy atom. The number of aryl methyl sites for hydroxylation is 1. The first kappa shape index (κ1) is 9.05. The number of rotatable bonds is 2. The van der Waals surface area contributed by atoms with Crippen LogP contribution < -0.4 is 5.73 Å². The second-order valence-electron chi connectivity index (χ2n) is 3.24. The summed E-state index contributed by atoms with van der Waals surface area (Å²) in [5.74, 6) is 0.814. The number of ether oxygens (including phenoxy) is 1. The second kappa shape index (κ2) is 3.32. The average molecular weight is 195 g/mol. The van der Waals surface area contributed by atoms with E-state index in [0.717, 1.165) is 25.2 Å². The Bertz CT molecular complexity index is 370. The van der Waals surface area contributed by atoms with Crippen molar-refractivity contribution < 1.29 is 9.53 Å². The van der Waals surface area contributed by atoms with Crippen LogP contribution >= 0.6 is 0 Å². The Hall–Kier alpha value is -1.52. The van der Waals surface area contributed by atoms with E-state index in [0.29, 0.717) is 12.3 Å². The van der Waals surface area contributed by atoms with E-state index in [9.17, 15) is 4.79 Å². The van der Waals surface area contributed by atoms with Gasteiger partial charge in [0.1, 0.15) is 5.82 Å². The molecular formula is C9H13N3O2. The van der Waals surface area contributed by atoms with Crippen molar-refractivity contribution in [3.8, 4) is 0 Å². The zero-order chi connectivity index (χ0) is 10.1. The smallest absolute Gasteiger partial charge is 0.358 e. The van der Waals surface area contributed by atoms with E-state index in [2.05, 4.69) is 4.98 Å². The van der Waals surface area contributed by atoms with Crippen molar-refractivity contribution in [3.05, 3.63) is 11.5 Å². The molecular weight excluding hydrogens is 182 g/mol. The number of hydrogen-bond donors (Lipinski definition) is 1. The van der Waals surface area contributed by atoms with Gasteiger partial charge in [-0.15, -0.1) is 0 Å². The highest BCUT2D eigenvalue weighted by atomic mass is 16.5. The lowest BCUT2D eigenvalue weighted by molar-refractivity contribution is 0.0515. The minimum Gasteiger partial charge on any atom is -0.461 e. The zero-order valence-electron chi connectivity index (χ0n) is 8.12. The molecule has 0 amide bonds. The molecule has 2 rings (SSSR count). The van der Waals surface area contributed by atoms with E-state index in [1.54, 1.807) is 6.92 Å².